The summed E-state index contributed by atoms with van der Waals surface area (Å²) in [7, 11) is 4.64. The lowest BCUT2D eigenvalue weighted by Crippen LogP contribution is -2.22. The Kier molecular flexibility index (Phi) is 9.79. The standard InChI is InChI=1S/C18H37B3/c1-2-5-9-13-17(14-10-6-3-1)19-21-20-18-15-11-7-4-8-12-16-18/h17-21H,1-16H2. The Morgan fingerprint density at radius 3 is 1.00 bits per heavy atom. The van der Waals surface area contributed by atoms with Crippen LogP contribution < -0.4 is 0 Å². The van der Waals surface area contributed by atoms with E-state index in [1.165, 1.54) is 84.1 Å². The average Bonchev–Trinajstić information content (AvgIpc) is 2.47. The maximum absolute atomic E-state index is 1.55. The molecule has 0 unspecified atom stereocenters. The fourth-order valence-electron chi connectivity index (χ4n) is 4.71. The SMILES string of the molecule is B(BC1CCCCCCCCC1)BC1CCCCCCC1. The minimum absolute atomic E-state index is 1.08. The molecule has 2 rings (SSSR count). The van der Waals surface area contributed by atoms with Crippen molar-refractivity contribution in [3.63, 3.8) is 0 Å². The van der Waals surface area contributed by atoms with E-state index in [4.69, 9.17) is 0 Å². The van der Waals surface area contributed by atoms with Crippen LogP contribution in [0.3, 0.4) is 0 Å². The second-order valence-corrected chi connectivity index (χ2v) is 8.06. The van der Waals surface area contributed by atoms with Crippen LogP contribution in [0.2, 0.25) is 11.6 Å². The third-order valence-electron chi connectivity index (χ3n) is 6.17. The molecule has 0 amide bonds. The minimum Gasteiger partial charge on any atom is -0.0740 e. The van der Waals surface area contributed by atoms with E-state index in [1.54, 1.807) is 40.0 Å². The molecule has 0 aromatic heterocycles. The van der Waals surface area contributed by atoms with Crippen molar-refractivity contribution in [2.75, 3.05) is 0 Å². The van der Waals surface area contributed by atoms with Gasteiger partial charge in [0.2, 0.25) is 0 Å². The molecule has 0 saturated heterocycles. The first-order valence-electron chi connectivity index (χ1n) is 10.4. The van der Waals surface area contributed by atoms with E-state index in [2.05, 4.69) is 0 Å². The van der Waals surface area contributed by atoms with Crippen LogP contribution in [0, 0.1) is 0 Å². The maximum atomic E-state index is 1.55. The van der Waals surface area contributed by atoms with Gasteiger partial charge >= 0.3 is 0 Å². The zero-order valence-corrected chi connectivity index (χ0v) is 14.6. The Morgan fingerprint density at radius 2 is 0.667 bits per heavy atom. The van der Waals surface area contributed by atoms with Gasteiger partial charge in [0.25, 0.3) is 0 Å². The largest absolute Gasteiger partial charge is 0.0823 e. The Balaban J connectivity index is 1.60. The summed E-state index contributed by atoms with van der Waals surface area (Å²) in [4.78, 5) is 0. The monoisotopic (exact) mass is 286 g/mol. The summed E-state index contributed by atoms with van der Waals surface area (Å²) >= 11 is 0. The van der Waals surface area contributed by atoms with Crippen LogP contribution in [-0.2, 0) is 0 Å². The highest BCUT2D eigenvalue weighted by molar-refractivity contribution is 7.30. The smallest absolute Gasteiger partial charge is 0.0740 e. The van der Waals surface area contributed by atoms with Crippen molar-refractivity contribution in [1.29, 1.82) is 0 Å². The molecule has 2 aliphatic carbocycles. The first kappa shape index (κ1) is 17.5. The molecule has 0 aromatic rings. The molecule has 2 aliphatic rings. The minimum atomic E-state index is 1.08. The summed E-state index contributed by atoms with van der Waals surface area (Å²) in [5, 5.41) is 0. The van der Waals surface area contributed by atoms with Gasteiger partial charge in [0.1, 0.15) is 0 Å². The van der Waals surface area contributed by atoms with Gasteiger partial charge in [-0.25, -0.2) is 0 Å². The third kappa shape index (κ3) is 8.41. The summed E-state index contributed by atoms with van der Waals surface area (Å²) < 4.78 is 0. The number of hydrogen-bond donors (Lipinski definition) is 0. The number of hydrogen-bond acceptors (Lipinski definition) is 0. The lowest BCUT2D eigenvalue weighted by molar-refractivity contribution is 0.502. The summed E-state index contributed by atoms with van der Waals surface area (Å²) in [5.74, 6) is 2.17. The van der Waals surface area contributed by atoms with Crippen LogP contribution >= 0.6 is 0 Å². The second kappa shape index (κ2) is 11.7. The Bertz CT molecular complexity index is 227. The van der Waals surface area contributed by atoms with Crippen LogP contribution in [0.25, 0.3) is 0 Å². The highest BCUT2D eigenvalue weighted by atomic mass is 14.1. The lowest BCUT2D eigenvalue weighted by atomic mass is 9.14. The van der Waals surface area contributed by atoms with Gasteiger partial charge in [-0.15, -0.1) is 0 Å². The fourth-order valence-corrected chi connectivity index (χ4v) is 4.71. The van der Waals surface area contributed by atoms with Crippen molar-refractivity contribution in [1.82, 2.24) is 0 Å². The van der Waals surface area contributed by atoms with E-state index >= 15 is 0 Å². The van der Waals surface area contributed by atoms with Crippen molar-refractivity contribution in [3.8, 4) is 0 Å². The van der Waals surface area contributed by atoms with Crippen LogP contribution in [-0.4, -0.2) is 21.4 Å². The molecule has 0 N–H and O–H groups in total. The zero-order valence-electron chi connectivity index (χ0n) is 14.6. The molecule has 0 aliphatic heterocycles. The zero-order chi connectivity index (χ0) is 14.6. The molecule has 0 aromatic carbocycles. The van der Waals surface area contributed by atoms with Gasteiger partial charge in [-0.05, 0) is 0 Å². The fraction of sp³-hybridized carbons (Fsp3) is 1.00. The van der Waals surface area contributed by atoms with Crippen molar-refractivity contribution >= 4 is 21.4 Å². The predicted molar refractivity (Wildman–Crippen MR) is 103 cm³/mol. The van der Waals surface area contributed by atoms with E-state index in [0.717, 1.165) is 11.6 Å². The van der Waals surface area contributed by atoms with Gasteiger partial charge in [0, 0.05) is 0 Å². The van der Waals surface area contributed by atoms with Crippen LogP contribution in [0.5, 0.6) is 0 Å². The summed E-state index contributed by atoms with van der Waals surface area (Å²) in [6, 6.07) is 0. The van der Waals surface area contributed by atoms with Gasteiger partial charge in [0.15, 0.2) is 0 Å². The second-order valence-electron chi connectivity index (χ2n) is 8.06. The quantitative estimate of drug-likeness (QED) is 0.640. The molecule has 3 heteroatoms. The van der Waals surface area contributed by atoms with E-state index in [-0.39, 0.29) is 0 Å². The molecular weight excluding hydrogens is 249 g/mol. The van der Waals surface area contributed by atoms with Gasteiger partial charge in [-0.2, -0.15) is 0 Å². The molecule has 2 fully saturated rings. The molecule has 118 valence electrons. The molecule has 21 heavy (non-hydrogen) atoms. The van der Waals surface area contributed by atoms with E-state index < -0.39 is 0 Å². The Morgan fingerprint density at radius 1 is 0.381 bits per heavy atom. The highest BCUT2D eigenvalue weighted by Gasteiger charge is 2.16. The lowest BCUT2D eigenvalue weighted by Gasteiger charge is -2.20. The van der Waals surface area contributed by atoms with Gasteiger partial charge < -0.3 is 0 Å². The molecule has 0 bridgehead atoms. The van der Waals surface area contributed by atoms with E-state index in [9.17, 15) is 0 Å². The van der Waals surface area contributed by atoms with Gasteiger partial charge in [-0.3, -0.25) is 0 Å². The van der Waals surface area contributed by atoms with Crippen molar-refractivity contribution < 1.29 is 0 Å². The normalized spacial score (nSPS) is 24.6. The molecule has 2 saturated carbocycles. The van der Waals surface area contributed by atoms with Crippen LogP contribution in [0.4, 0.5) is 0 Å². The molecular formula is C18H37B3. The summed E-state index contributed by atoms with van der Waals surface area (Å²) in [5.41, 5.74) is 0. The average molecular weight is 286 g/mol. The topological polar surface area (TPSA) is 0 Å². The van der Waals surface area contributed by atoms with Crippen molar-refractivity contribution in [2.24, 2.45) is 0 Å². The summed E-state index contributed by atoms with van der Waals surface area (Å²) in [6.07, 6.45) is 24.4. The maximum Gasteiger partial charge on any atom is 0.0823 e. The van der Waals surface area contributed by atoms with Crippen molar-refractivity contribution in [2.45, 2.75) is 114 Å². The van der Waals surface area contributed by atoms with Crippen LogP contribution in [0.15, 0.2) is 0 Å². The third-order valence-corrected chi connectivity index (χ3v) is 6.17. The number of rotatable bonds is 4. The molecule has 0 atom stereocenters. The van der Waals surface area contributed by atoms with Crippen molar-refractivity contribution in [3.05, 3.63) is 0 Å². The summed E-state index contributed by atoms with van der Waals surface area (Å²) in [6.45, 7) is 0. The van der Waals surface area contributed by atoms with Gasteiger partial charge in [-0.1, -0.05) is 114 Å². The molecule has 0 heterocycles. The Labute approximate surface area is 136 Å². The Hall–Kier alpha value is 0.195. The van der Waals surface area contributed by atoms with Crippen LogP contribution in [0.1, 0.15) is 103 Å². The van der Waals surface area contributed by atoms with E-state index in [1.807, 2.05) is 0 Å². The van der Waals surface area contributed by atoms with Gasteiger partial charge in [0.05, 0.1) is 21.4 Å². The molecule has 0 radical (unpaired) electrons. The van der Waals surface area contributed by atoms with E-state index in [0.29, 0.717) is 0 Å². The highest BCUT2D eigenvalue weighted by Crippen LogP contribution is 2.27. The molecule has 0 spiro atoms. The first-order chi connectivity index (χ1) is 10.4. The molecule has 0 nitrogen and oxygen atoms in total. The predicted octanol–water partition coefficient (Wildman–Crippen LogP) is 4.97. The first-order valence-corrected chi connectivity index (χ1v) is 10.4.